The molecule has 4 heteroatoms. The Labute approximate surface area is 131 Å². The third kappa shape index (κ3) is 3.07. The first-order chi connectivity index (χ1) is 9.04. The number of halogens is 3. The summed E-state index contributed by atoms with van der Waals surface area (Å²) in [6.45, 7) is 1.99. The molecule has 19 heavy (non-hydrogen) atoms. The summed E-state index contributed by atoms with van der Waals surface area (Å²) in [6, 6.07) is 11.7. The van der Waals surface area contributed by atoms with Gasteiger partial charge in [0.25, 0.3) is 0 Å². The summed E-state index contributed by atoms with van der Waals surface area (Å²) in [7, 11) is 1.60. The average Bonchev–Trinajstić information content (AvgIpc) is 2.41. The molecule has 100 valence electrons. The highest BCUT2D eigenvalue weighted by Gasteiger charge is 2.16. The minimum Gasteiger partial charge on any atom is -0.495 e. The number of aryl methyl sites for hydroxylation is 1. The molecule has 0 spiro atoms. The van der Waals surface area contributed by atoms with Gasteiger partial charge in [-0.2, -0.15) is 0 Å². The van der Waals surface area contributed by atoms with Gasteiger partial charge in [0.2, 0.25) is 0 Å². The SMILES string of the molecule is COc1ccc(C(Br)c2cccc(C)c2Cl)cc1Cl. The van der Waals surface area contributed by atoms with Gasteiger partial charge in [-0.05, 0) is 35.7 Å². The van der Waals surface area contributed by atoms with E-state index in [1.807, 2.05) is 43.3 Å². The molecule has 0 aliphatic carbocycles. The highest BCUT2D eigenvalue weighted by atomic mass is 79.9. The van der Waals surface area contributed by atoms with Crippen LogP contribution >= 0.6 is 39.1 Å². The molecule has 2 rings (SSSR count). The molecular weight excluding hydrogens is 347 g/mol. The minimum absolute atomic E-state index is 0.00306. The van der Waals surface area contributed by atoms with Gasteiger partial charge in [0.05, 0.1) is 17.0 Å². The number of methoxy groups -OCH3 is 1. The van der Waals surface area contributed by atoms with E-state index < -0.39 is 0 Å². The predicted octanol–water partition coefficient (Wildman–Crippen LogP) is 5.79. The molecule has 1 nitrogen and oxygen atoms in total. The van der Waals surface area contributed by atoms with Crippen LogP contribution in [0.1, 0.15) is 21.5 Å². The van der Waals surface area contributed by atoms with Gasteiger partial charge in [0.15, 0.2) is 0 Å². The number of ether oxygens (including phenoxy) is 1. The highest BCUT2D eigenvalue weighted by Crippen LogP contribution is 2.38. The molecule has 0 N–H and O–H groups in total. The van der Waals surface area contributed by atoms with Crippen molar-refractivity contribution in [1.82, 2.24) is 0 Å². The first kappa shape index (κ1) is 14.7. The third-order valence-electron chi connectivity index (χ3n) is 2.96. The normalized spacial score (nSPS) is 12.3. The second-order valence-electron chi connectivity index (χ2n) is 4.23. The van der Waals surface area contributed by atoms with Crippen molar-refractivity contribution in [1.29, 1.82) is 0 Å². The van der Waals surface area contributed by atoms with Crippen molar-refractivity contribution in [3.05, 3.63) is 63.1 Å². The number of benzene rings is 2. The zero-order chi connectivity index (χ0) is 14.0. The van der Waals surface area contributed by atoms with Crippen LogP contribution in [0.5, 0.6) is 5.75 Å². The lowest BCUT2D eigenvalue weighted by Crippen LogP contribution is -1.96. The smallest absolute Gasteiger partial charge is 0.137 e. The predicted molar refractivity (Wildman–Crippen MR) is 85.0 cm³/mol. The molecule has 0 radical (unpaired) electrons. The van der Waals surface area contributed by atoms with Crippen LogP contribution in [0.3, 0.4) is 0 Å². The summed E-state index contributed by atoms with van der Waals surface area (Å²) in [5.41, 5.74) is 3.13. The molecule has 1 atom stereocenters. The van der Waals surface area contributed by atoms with Crippen LogP contribution in [0.25, 0.3) is 0 Å². The Bertz CT molecular complexity index is 599. The van der Waals surface area contributed by atoms with E-state index in [-0.39, 0.29) is 4.83 Å². The maximum atomic E-state index is 6.35. The van der Waals surface area contributed by atoms with Gasteiger partial charge < -0.3 is 4.74 Å². The van der Waals surface area contributed by atoms with E-state index in [4.69, 9.17) is 27.9 Å². The Hall–Kier alpha value is -0.700. The lowest BCUT2D eigenvalue weighted by Gasteiger charge is -2.15. The summed E-state index contributed by atoms with van der Waals surface area (Å²) in [5, 5.41) is 1.37. The van der Waals surface area contributed by atoms with Crippen LogP contribution in [0.2, 0.25) is 10.0 Å². The lowest BCUT2D eigenvalue weighted by molar-refractivity contribution is 0.415. The Morgan fingerprint density at radius 2 is 1.89 bits per heavy atom. The third-order valence-corrected chi connectivity index (χ3v) is 4.80. The van der Waals surface area contributed by atoms with Gasteiger partial charge in [0, 0.05) is 5.02 Å². The Balaban J connectivity index is 2.41. The van der Waals surface area contributed by atoms with Crippen LogP contribution in [-0.4, -0.2) is 7.11 Å². The summed E-state index contributed by atoms with van der Waals surface area (Å²) >= 11 is 16.2. The molecule has 0 aliphatic rings. The van der Waals surface area contributed by atoms with Crippen molar-refractivity contribution in [3.63, 3.8) is 0 Å². The van der Waals surface area contributed by atoms with Crippen molar-refractivity contribution in [2.24, 2.45) is 0 Å². The molecule has 0 aromatic heterocycles. The number of alkyl halides is 1. The van der Waals surface area contributed by atoms with E-state index in [1.54, 1.807) is 7.11 Å². The van der Waals surface area contributed by atoms with E-state index in [1.165, 1.54) is 0 Å². The molecule has 0 aliphatic heterocycles. The van der Waals surface area contributed by atoms with Gasteiger partial charge >= 0.3 is 0 Å². The zero-order valence-corrected chi connectivity index (χ0v) is 13.7. The monoisotopic (exact) mass is 358 g/mol. The average molecular weight is 360 g/mol. The molecule has 0 amide bonds. The molecule has 0 saturated heterocycles. The minimum atomic E-state index is 0.00306. The Morgan fingerprint density at radius 1 is 1.16 bits per heavy atom. The lowest BCUT2D eigenvalue weighted by atomic mass is 10.0. The number of hydrogen-bond acceptors (Lipinski definition) is 1. The fourth-order valence-corrected chi connectivity index (χ4v) is 3.19. The molecular formula is C15H13BrCl2O. The van der Waals surface area contributed by atoms with E-state index in [9.17, 15) is 0 Å². The van der Waals surface area contributed by atoms with Crippen molar-refractivity contribution in [3.8, 4) is 5.75 Å². The van der Waals surface area contributed by atoms with Crippen LogP contribution < -0.4 is 4.74 Å². The first-order valence-corrected chi connectivity index (χ1v) is 7.44. The summed E-state index contributed by atoms with van der Waals surface area (Å²) in [5.74, 6) is 0.667. The maximum absolute atomic E-state index is 6.35. The topological polar surface area (TPSA) is 9.23 Å². The van der Waals surface area contributed by atoms with Gasteiger partial charge in [-0.15, -0.1) is 0 Å². The number of rotatable bonds is 3. The second kappa shape index (κ2) is 6.17. The molecule has 0 bridgehead atoms. The van der Waals surface area contributed by atoms with Crippen molar-refractivity contribution >= 4 is 39.1 Å². The fraction of sp³-hybridized carbons (Fsp3) is 0.200. The van der Waals surface area contributed by atoms with Crippen LogP contribution in [0, 0.1) is 6.92 Å². The van der Waals surface area contributed by atoms with E-state index in [0.29, 0.717) is 10.8 Å². The molecule has 0 saturated carbocycles. The van der Waals surface area contributed by atoms with Crippen LogP contribution in [0.15, 0.2) is 36.4 Å². The van der Waals surface area contributed by atoms with E-state index in [0.717, 1.165) is 21.7 Å². The van der Waals surface area contributed by atoms with Gasteiger partial charge in [0.1, 0.15) is 5.75 Å². The molecule has 1 unspecified atom stereocenters. The van der Waals surface area contributed by atoms with Crippen molar-refractivity contribution in [2.75, 3.05) is 7.11 Å². The quantitative estimate of drug-likeness (QED) is 0.629. The zero-order valence-electron chi connectivity index (χ0n) is 10.6. The van der Waals surface area contributed by atoms with Gasteiger partial charge in [-0.25, -0.2) is 0 Å². The van der Waals surface area contributed by atoms with E-state index in [2.05, 4.69) is 15.9 Å². The van der Waals surface area contributed by atoms with E-state index >= 15 is 0 Å². The van der Waals surface area contributed by atoms with Crippen molar-refractivity contribution < 1.29 is 4.74 Å². The summed E-state index contributed by atoms with van der Waals surface area (Å²) < 4.78 is 5.15. The largest absolute Gasteiger partial charge is 0.495 e. The molecule has 2 aromatic carbocycles. The summed E-state index contributed by atoms with van der Waals surface area (Å²) in [6.07, 6.45) is 0. The van der Waals surface area contributed by atoms with Gasteiger partial charge in [-0.3, -0.25) is 0 Å². The second-order valence-corrected chi connectivity index (χ2v) is 5.94. The Kier molecular flexibility index (Phi) is 4.77. The molecule has 2 aromatic rings. The van der Waals surface area contributed by atoms with Gasteiger partial charge in [-0.1, -0.05) is 63.4 Å². The number of hydrogen-bond donors (Lipinski definition) is 0. The maximum Gasteiger partial charge on any atom is 0.137 e. The molecule has 0 fully saturated rings. The first-order valence-electron chi connectivity index (χ1n) is 5.77. The van der Waals surface area contributed by atoms with Crippen molar-refractivity contribution in [2.45, 2.75) is 11.8 Å². The highest BCUT2D eigenvalue weighted by molar-refractivity contribution is 9.09. The Morgan fingerprint density at radius 3 is 2.53 bits per heavy atom. The summed E-state index contributed by atoms with van der Waals surface area (Å²) in [4.78, 5) is 0.00306. The molecule has 0 heterocycles. The van der Waals surface area contributed by atoms with Crippen LogP contribution in [-0.2, 0) is 0 Å². The van der Waals surface area contributed by atoms with Crippen LogP contribution in [0.4, 0.5) is 0 Å². The fourth-order valence-electron chi connectivity index (χ4n) is 1.89. The standard InChI is InChI=1S/C15H13BrCl2O/c1-9-4-3-5-11(15(9)18)14(16)10-6-7-13(19-2)12(17)8-10/h3-8,14H,1-2H3.